The molecule has 48 heavy (non-hydrogen) atoms. The summed E-state index contributed by atoms with van der Waals surface area (Å²) in [7, 11) is -2.23. The Hall–Kier alpha value is -5.52. The molecule has 0 unspecified atom stereocenters. The standard InChI is InChI=1S/C22H21BO3.2C8H9N2O/c24-23(25)26-18-10-17-22(19-11-4-1-5-12-19,20-13-6-2-7-14-20)21-15-8-3-9-16-21;2*1-2-11-10-6-4-3-5-8(10)7-9/h1-9,11-16H,10,17-18H2;2*3-6H,2H2,1H3/q-2;2*+1. The molecule has 0 aliphatic carbocycles. The van der Waals surface area contributed by atoms with Gasteiger partial charge in [-0.25, -0.2) is 0 Å². The van der Waals surface area contributed by atoms with Gasteiger partial charge in [0.2, 0.25) is 12.4 Å². The molecule has 0 atom stereocenters. The molecular weight excluding hydrogens is 603 g/mol. The molecule has 0 N–H and O–H groups in total. The number of benzene rings is 3. The number of nitrogens with zero attached hydrogens (tertiary/aromatic N) is 4. The summed E-state index contributed by atoms with van der Waals surface area (Å²) < 4.78 is 7.65. The zero-order chi connectivity index (χ0) is 34.5. The molecule has 0 fully saturated rings. The van der Waals surface area contributed by atoms with Gasteiger partial charge in [0, 0.05) is 45.7 Å². The highest BCUT2D eigenvalue weighted by atomic mass is 16.7. The smallest absolute Gasteiger partial charge is 0.333 e. The van der Waals surface area contributed by atoms with Gasteiger partial charge in [0.1, 0.15) is 0 Å². The molecule has 9 nitrogen and oxygen atoms in total. The molecule has 5 aromatic rings. The minimum absolute atomic E-state index is 0.159. The van der Waals surface area contributed by atoms with Gasteiger partial charge >= 0.3 is 11.4 Å². The first kappa shape index (κ1) is 36.9. The molecule has 0 spiro atoms. The predicted octanol–water partition coefficient (Wildman–Crippen LogP) is 3.11. The van der Waals surface area contributed by atoms with E-state index in [1.165, 1.54) is 26.2 Å². The molecule has 0 saturated heterocycles. The highest BCUT2D eigenvalue weighted by Crippen LogP contribution is 2.42. The van der Waals surface area contributed by atoms with E-state index in [2.05, 4.69) is 36.4 Å². The summed E-state index contributed by atoms with van der Waals surface area (Å²) in [5.41, 5.74) is 4.19. The molecule has 0 amide bonds. The monoisotopic (exact) mass is 642 g/mol. The Kier molecular flexibility index (Phi) is 15.8. The number of nitriles is 2. The second-order valence-electron chi connectivity index (χ2n) is 10.1. The van der Waals surface area contributed by atoms with Crippen LogP contribution < -0.4 is 29.2 Å². The van der Waals surface area contributed by atoms with Crippen LogP contribution >= 0.6 is 0 Å². The van der Waals surface area contributed by atoms with Crippen molar-refractivity contribution in [2.45, 2.75) is 32.1 Å². The summed E-state index contributed by atoms with van der Waals surface area (Å²) in [6.45, 7) is 5.03. The highest BCUT2D eigenvalue weighted by Gasteiger charge is 2.35. The molecule has 5 rings (SSSR count). The fraction of sp³-hybridized carbons (Fsp3) is 0.211. The van der Waals surface area contributed by atoms with Crippen LogP contribution in [0.5, 0.6) is 0 Å². The minimum atomic E-state index is -2.23. The van der Waals surface area contributed by atoms with Crippen LogP contribution in [-0.4, -0.2) is 27.1 Å². The maximum atomic E-state index is 10.7. The van der Waals surface area contributed by atoms with E-state index >= 15 is 0 Å². The van der Waals surface area contributed by atoms with E-state index in [-0.39, 0.29) is 12.0 Å². The van der Waals surface area contributed by atoms with Crippen LogP contribution in [0.25, 0.3) is 0 Å². The molecule has 0 saturated carbocycles. The van der Waals surface area contributed by atoms with Crippen molar-refractivity contribution in [1.29, 1.82) is 10.5 Å². The van der Waals surface area contributed by atoms with Crippen LogP contribution in [0.15, 0.2) is 140 Å². The van der Waals surface area contributed by atoms with Crippen LogP contribution in [0.4, 0.5) is 0 Å². The number of pyridine rings is 2. The Labute approximate surface area is 283 Å². The molecule has 2 heterocycles. The Morgan fingerprint density at radius 2 is 0.979 bits per heavy atom. The van der Waals surface area contributed by atoms with Crippen molar-refractivity contribution >= 4 is 7.32 Å². The highest BCUT2D eigenvalue weighted by molar-refractivity contribution is 6.28. The van der Waals surface area contributed by atoms with Gasteiger partial charge in [0.05, 0.1) is 7.32 Å². The summed E-state index contributed by atoms with van der Waals surface area (Å²) in [5.74, 6) is 0. The normalized spacial score (nSPS) is 10.1. The third-order valence-corrected chi connectivity index (χ3v) is 7.16. The summed E-state index contributed by atoms with van der Waals surface area (Å²) in [4.78, 5) is 10.2. The second kappa shape index (κ2) is 20.6. The fourth-order valence-electron chi connectivity index (χ4n) is 5.15. The van der Waals surface area contributed by atoms with E-state index in [1.807, 2.05) is 92.7 Å². The first-order chi connectivity index (χ1) is 23.5. The summed E-state index contributed by atoms with van der Waals surface area (Å²) in [6, 6.07) is 45.7. The summed E-state index contributed by atoms with van der Waals surface area (Å²) in [5, 5.41) is 38.6. The van der Waals surface area contributed by atoms with Crippen molar-refractivity contribution in [3.8, 4) is 12.1 Å². The SMILES string of the molecule is CCO[n+]1ccccc1C#N.CCO[n+]1ccccc1C#N.[O-]B([O-])OCCCC(c1ccccc1)(c1ccccc1)c1ccccc1. The van der Waals surface area contributed by atoms with Gasteiger partial charge in [-0.1, -0.05) is 91.0 Å². The number of hydrogen-bond acceptors (Lipinski definition) is 7. The molecule has 0 bridgehead atoms. The van der Waals surface area contributed by atoms with Crippen LogP contribution in [0.2, 0.25) is 0 Å². The Bertz CT molecular complexity index is 1560. The van der Waals surface area contributed by atoms with Crippen LogP contribution in [0.3, 0.4) is 0 Å². The average molecular weight is 643 g/mol. The Balaban J connectivity index is 0.000000233. The zero-order valence-electron chi connectivity index (χ0n) is 27.2. The number of aromatic nitrogens is 2. The van der Waals surface area contributed by atoms with Gasteiger partial charge in [-0.3, -0.25) is 9.68 Å². The Morgan fingerprint density at radius 1 is 0.604 bits per heavy atom. The fourth-order valence-corrected chi connectivity index (χ4v) is 5.15. The Morgan fingerprint density at radius 3 is 1.31 bits per heavy atom. The van der Waals surface area contributed by atoms with E-state index in [0.717, 1.165) is 6.42 Å². The van der Waals surface area contributed by atoms with Crippen molar-refractivity contribution in [1.82, 2.24) is 0 Å². The molecule has 0 aliphatic heterocycles. The average Bonchev–Trinajstić information content (AvgIpc) is 3.14. The first-order valence-corrected chi connectivity index (χ1v) is 15.7. The van der Waals surface area contributed by atoms with Crippen molar-refractivity contribution < 1.29 is 33.8 Å². The van der Waals surface area contributed by atoms with Crippen LogP contribution in [-0.2, 0) is 10.1 Å². The molecular formula is C38H39BN4O5. The summed E-state index contributed by atoms with van der Waals surface area (Å²) in [6.07, 6.45) is 4.77. The topological polar surface area (TPSA) is 129 Å². The van der Waals surface area contributed by atoms with Gasteiger partial charge < -0.3 is 14.7 Å². The maximum absolute atomic E-state index is 10.7. The second-order valence-corrected chi connectivity index (χ2v) is 10.1. The van der Waals surface area contributed by atoms with Gasteiger partial charge in [-0.15, -0.1) is 0 Å². The summed E-state index contributed by atoms with van der Waals surface area (Å²) >= 11 is 0. The van der Waals surface area contributed by atoms with Gasteiger partial charge in [-0.05, 0) is 55.5 Å². The number of rotatable bonds is 12. The van der Waals surface area contributed by atoms with Gasteiger partial charge in [-0.2, -0.15) is 10.5 Å². The van der Waals surface area contributed by atoms with E-state index in [9.17, 15) is 10.0 Å². The van der Waals surface area contributed by atoms with Crippen LogP contribution in [0, 0.1) is 22.7 Å². The first-order valence-electron chi connectivity index (χ1n) is 15.7. The minimum Gasteiger partial charge on any atom is -0.871 e. The van der Waals surface area contributed by atoms with Crippen molar-refractivity contribution in [2.75, 3.05) is 19.8 Å². The third kappa shape index (κ3) is 10.8. The lowest BCUT2D eigenvalue weighted by Gasteiger charge is -2.37. The predicted molar refractivity (Wildman–Crippen MR) is 177 cm³/mol. The lowest BCUT2D eigenvalue weighted by molar-refractivity contribution is -0.892. The molecule has 244 valence electrons. The van der Waals surface area contributed by atoms with Crippen molar-refractivity contribution in [3.05, 3.63) is 168 Å². The molecule has 0 radical (unpaired) electrons. The lowest BCUT2D eigenvalue weighted by atomic mass is 9.67. The van der Waals surface area contributed by atoms with E-state index < -0.39 is 7.32 Å². The van der Waals surface area contributed by atoms with E-state index in [0.29, 0.717) is 31.0 Å². The lowest BCUT2D eigenvalue weighted by Crippen LogP contribution is -2.48. The van der Waals surface area contributed by atoms with E-state index in [1.54, 1.807) is 36.7 Å². The quantitative estimate of drug-likeness (QED) is 0.0886. The molecule has 3 aromatic carbocycles. The molecule has 0 aliphatic rings. The zero-order valence-corrected chi connectivity index (χ0v) is 27.2. The van der Waals surface area contributed by atoms with Crippen molar-refractivity contribution in [3.63, 3.8) is 0 Å². The number of hydrogen-bond donors (Lipinski definition) is 0. The molecule has 2 aromatic heterocycles. The van der Waals surface area contributed by atoms with Gasteiger partial charge in [0.25, 0.3) is 0 Å². The van der Waals surface area contributed by atoms with Crippen molar-refractivity contribution in [2.24, 2.45) is 0 Å². The van der Waals surface area contributed by atoms with Crippen LogP contribution in [0.1, 0.15) is 54.8 Å². The third-order valence-electron chi connectivity index (χ3n) is 7.16. The van der Waals surface area contributed by atoms with Gasteiger partial charge in [0.15, 0.2) is 25.4 Å². The largest absolute Gasteiger partial charge is 0.871 e. The molecule has 10 heteroatoms. The maximum Gasteiger partial charge on any atom is 0.333 e. The van der Waals surface area contributed by atoms with E-state index in [4.69, 9.17) is 24.9 Å².